The summed E-state index contributed by atoms with van der Waals surface area (Å²) < 4.78 is 11.4. The van der Waals surface area contributed by atoms with Crippen molar-refractivity contribution in [2.45, 2.75) is 25.9 Å². The summed E-state index contributed by atoms with van der Waals surface area (Å²) in [6.07, 6.45) is 10.0. The molecule has 3 heteroatoms. The number of pyridine rings is 1. The number of rotatable bonds is 6. The largest absolute Gasteiger partial charge is 0.494 e. The summed E-state index contributed by atoms with van der Waals surface area (Å²) in [5, 5.41) is 1.06. The highest BCUT2D eigenvalue weighted by Gasteiger charge is 2.06. The second-order valence-corrected chi connectivity index (χ2v) is 6.71. The van der Waals surface area contributed by atoms with E-state index >= 15 is 0 Å². The van der Waals surface area contributed by atoms with Crippen LogP contribution in [-0.4, -0.2) is 12.1 Å². The van der Waals surface area contributed by atoms with Crippen molar-refractivity contribution >= 4 is 10.9 Å². The maximum atomic E-state index is 6.00. The SMILES string of the molecule is COc1cccc2ccc(COc3cccc(CC4=CCCC=C4)c3)nc12. The minimum Gasteiger partial charge on any atom is -0.494 e. The molecule has 1 aliphatic rings. The Balaban J connectivity index is 1.47. The van der Waals surface area contributed by atoms with Crippen molar-refractivity contribution in [3.8, 4) is 11.5 Å². The second kappa shape index (κ2) is 8.09. The average Bonchev–Trinajstić information content (AvgIpc) is 2.72. The summed E-state index contributed by atoms with van der Waals surface area (Å²) in [7, 11) is 1.67. The number of para-hydroxylation sites is 1. The smallest absolute Gasteiger partial charge is 0.145 e. The molecule has 0 amide bonds. The lowest BCUT2D eigenvalue weighted by Crippen LogP contribution is -2.00. The number of fused-ring (bicyclic) bond motifs is 1. The molecule has 136 valence electrons. The summed E-state index contributed by atoms with van der Waals surface area (Å²) >= 11 is 0. The Morgan fingerprint density at radius 1 is 1.00 bits per heavy atom. The lowest BCUT2D eigenvalue weighted by molar-refractivity contribution is 0.301. The van der Waals surface area contributed by atoms with Crippen molar-refractivity contribution in [2.24, 2.45) is 0 Å². The predicted octanol–water partition coefficient (Wildman–Crippen LogP) is 5.64. The molecular formula is C24H23NO2. The van der Waals surface area contributed by atoms with Gasteiger partial charge in [-0.3, -0.25) is 0 Å². The fourth-order valence-corrected chi connectivity index (χ4v) is 3.34. The standard InChI is InChI=1S/C24H23NO2/c1-26-23-12-6-10-20-13-14-21(25-24(20)23)17-27-22-11-5-9-19(16-22)15-18-7-3-2-4-8-18/h3,5-14,16H,2,4,15,17H2,1H3. The first-order valence-corrected chi connectivity index (χ1v) is 9.32. The molecule has 0 saturated heterocycles. The van der Waals surface area contributed by atoms with Gasteiger partial charge in [0.15, 0.2) is 0 Å². The predicted molar refractivity (Wildman–Crippen MR) is 109 cm³/mol. The van der Waals surface area contributed by atoms with Gasteiger partial charge in [-0.1, -0.05) is 48.6 Å². The Bertz CT molecular complexity index is 1000. The van der Waals surface area contributed by atoms with Crippen LogP contribution in [0.2, 0.25) is 0 Å². The van der Waals surface area contributed by atoms with Crippen LogP contribution in [0.1, 0.15) is 24.1 Å². The fourth-order valence-electron chi connectivity index (χ4n) is 3.34. The first kappa shape index (κ1) is 17.3. The normalized spacial score (nSPS) is 13.4. The number of methoxy groups -OCH3 is 1. The van der Waals surface area contributed by atoms with Crippen LogP contribution >= 0.6 is 0 Å². The van der Waals surface area contributed by atoms with Gasteiger partial charge in [0.25, 0.3) is 0 Å². The third-order valence-corrected chi connectivity index (χ3v) is 4.73. The zero-order valence-corrected chi connectivity index (χ0v) is 15.5. The van der Waals surface area contributed by atoms with E-state index in [0.717, 1.165) is 47.4 Å². The van der Waals surface area contributed by atoms with Crippen molar-refractivity contribution in [3.05, 3.63) is 89.7 Å². The van der Waals surface area contributed by atoms with Gasteiger partial charge in [0.1, 0.15) is 23.6 Å². The molecule has 2 aromatic carbocycles. The maximum absolute atomic E-state index is 6.00. The van der Waals surface area contributed by atoms with E-state index in [1.807, 2.05) is 30.3 Å². The van der Waals surface area contributed by atoms with Crippen molar-refractivity contribution in [1.82, 2.24) is 4.98 Å². The third-order valence-electron chi connectivity index (χ3n) is 4.73. The van der Waals surface area contributed by atoms with Crippen LogP contribution in [0, 0.1) is 0 Å². The Morgan fingerprint density at radius 3 is 2.78 bits per heavy atom. The van der Waals surface area contributed by atoms with Gasteiger partial charge in [-0.2, -0.15) is 0 Å². The minimum absolute atomic E-state index is 0.431. The lowest BCUT2D eigenvalue weighted by atomic mass is 10.00. The molecule has 0 N–H and O–H groups in total. The van der Waals surface area contributed by atoms with Crippen LogP contribution in [0.15, 0.2) is 78.4 Å². The van der Waals surface area contributed by atoms with E-state index in [1.54, 1.807) is 7.11 Å². The molecule has 4 rings (SSSR count). The lowest BCUT2D eigenvalue weighted by Gasteiger charge is -2.11. The molecule has 0 aliphatic heterocycles. The number of benzene rings is 2. The monoisotopic (exact) mass is 357 g/mol. The summed E-state index contributed by atoms with van der Waals surface area (Å²) in [4.78, 5) is 4.71. The third kappa shape index (κ3) is 4.20. The number of hydrogen-bond donors (Lipinski definition) is 0. The summed E-state index contributed by atoms with van der Waals surface area (Å²) in [6.45, 7) is 0.431. The highest BCUT2D eigenvalue weighted by atomic mass is 16.5. The summed E-state index contributed by atoms with van der Waals surface area (Å²) in [5.74, 6) is 1.65. The van der Waals surface area contributed by atoms with Gasteiger partial charge in [0.05, 0.1) is 12.8 Å². The highest BCUT2D eigenvalue weighted by Crippen LogP contribution is 2.24. The van der Waals surface area contributed by atoms with E-state index in [0.29, 0.717) is 6.61 Å². The summed E-state index contributed by atoms with van der Waals surface area (Å²) in [5.41, 5.74) is 4.39. The van der Waals surface area contributed by atoms with Crippen molar-refractivity contribution in [2.75, 3.05) is 7.11 Å². The molecular weight excluding hydrogens is 334 g/mol. The minimum atomic E-state index is 0.431. The van der Waals surface area contributed by atoms with E-state index in [-0.39, 0.29) is 0 Å². The van der Waals surface area contributed by atoms with Gasteiger partial charge in [0, 0.05) is 5.39 Å². The van der Waals surface area contributed by atoms with Gasteiger partial charge < -0.3 is 9.47 Å². The van der Waals surface area contributed by atoms with Gasteiger partial charge >= 0.3 is 0 Å². The highest BCUT2D eigenvalue weighted by molar-refractivity contribution is 5.84. The number of hydrogen-bond acceptors (Lipinski definition) is 3. The molecule has 3 aromatic rings. The molecule has 0 spiro atoms. The topological polar surface area (TPSA) is 31.4 Å². The van der Waals surface area contributed by atoms with Crippen molar-refractivity contribution < 1.29 is 9.47 Å². The second-order valence-electron chi connectivity index (χ2n) is 6.71. The van der Waals surface area contributed by atoms with E-state index in [9.17, 15) is 0 Å². The van der Waals surface area contributed by atoms with Crippen LogP contribution in [0.3, 0.4) is 0 Å². The molecule has 1 aliphatic carbocycles. The van der Waals surface area contributed by atoms with Gasteiger partial charge in [0.2, 0.25) is 0 Å². The van der Waals surface area contributed by atoms with Crippen LogP contribution in [0.5, 0.6) is 11.5 Å². The van der Waals surface area contributed by atoms with Crippen molar-refractivity contribution in [1.29, 1.82) is 0 Å². The Labute approximate surface area is 160 Å². The van der Waals surface area contributed by atoms with E-state index < -0.39 is 0 Å². The van der Waals surface area contributed by atoms with Crippen molar-refractivity contribution in [3.63, 3.8) is 0 Å². The Kier molecular flexibility index (Phi) is 5.20. The van der Waals surface area contributed by atoms with Crippen LogP contribution in [0.4, 0.5) is 0 Å². The first-order valence-electron chi connectivity index (χ1n) is 9.32. The van der Waals surface area contributed by atoms with E-state index in [2.05, 4.69) is 42.5 Å². The molecule has 3 nitrogen and oxygen atoms in total. The average molecular weight is 357 g/mol. The first-order chi connectivity index (χ1) is 13.3. The quantitative estimate of drug-likeness (QED) is 0.572. The molecule has 0 saturated carbocycles. The number of allylic oxidation sites excluding steroid dienone is 4. The maximum Gasteiger partial charge on any atom is 0.145 e. The summed E-state index contributed by atoms with van der Waals surface area (Å²) in [6, 6.07) is 18.3. The number of nitrogens with zero attached hydrogens (tertiary/aromatic N) is 1. The molecule has 1 heterocycles. The Hall–Kier alpha value is -3.07. The van der Waals surface area contributed by atoms with E-state index in [1.165, 1.54) is 11.1 Å². The van der Waals surface area contributed by atoms with Gasteiger partial charge in [-0.25, -0.2) is 4.98 Å². The fraction of sp³-hybridized carbons (Fsp3) is 0.208. The van der Waals surface area contributed by atoms with E-state index in [4.69, 9.17) is 14.5 Å². The van der Waals surface area contributed by atoms with Gasteiger partial charge in [-0.05, 0) is 54.7 Å². The molecule has 0 unspecified atom stereocenters. The van der Waals surface area contributed by atoms with Crippen LogP contribution in [0.25, 0.3) is 10.9 Å². The zero-order chi connectivity index (χ0) is 18.5. The number of ether oxygens (including phenoxy) is 2. The van der Waals surface area contributed by atoms with Crippen LogP contribution < -0.4 is 9.47 Å². The molecule has 1 aromatic heterocycles. The molecule has 0 fully saturated rings. The number of aromatic nitrogens is 1. The Morgan fingerprint density at radius 2 is 1.93 bits per heavy atom. The molecule has 0 radical (unpaired) electrons. The molecule has 0 atom stereocenters. The van der Waals surface area contributed by atoms with Gasteiger partial charge in [-0.15, -0.1) is 0 Å². The van der Waals surface area contributed by atoms with Crippen LogP contribution in [-0.2, 0) is 13.0 Å². The zero-order valence-electron chi connectivity index (χ0n) is 15.5. The molecule has 0 bridgehead atoms. The molecule has 27 heavy (non-hydrogen) atoms.